The topological polar surface area (TPSA) is 35.8 Å². The van der Waals surface area contributed by atoms with Gasteiger partial charge in [0, 0.05) is 16.7 Å². The van der Waals surface area contributed by atoms with Gasteiger partial charge >= 0.3 is 0 Å². The van der Waals surface area contributed by atoms with Crippen LogP contribution in [0.25, 0.3) is 0 Å². The molecule has 0 heterocycles. The van der Waals surface area contributed by atoms with Gasteiger partial charge in [0.15, 0.2) is 0 Å². The first-order valence-electron chi connectivity index (χ1n) is 6.19. The van der Waals surface area contributed by atoms with Crippen LogP contribution in [0.4, 0.5) is 0 Å². The number of thioether (sulfide) groups is 1. The molecule has 1 unspecified atom stereocenters. The van der Waals surface area contributed by atoms with Crippen molar-refractivity contribution >= 4 is 23.4 Å². The van der Waals surface area contributed by atoms with Crippen LogP contribution in [0.1, 0.15) is 26.2 Å². The summed E-state index contributed by atoms with van der Waals surface area (Å²) in [5.41, 5.74) is -0.407. The lowest BCUT2D eigenvalue weighted by molar-refractivity contribution is 0.434. The molecule has 1 aromatic carbocycles. The van der Waals surface area contributed by atoms with E-state index in [9.17, 15) is 5.26 Å². The van der Waals surface area contributed by atoms with Gasteiger partial charge in [-0.3, -0.25) is 5.32 Å². The molecule has 96 valence electrons. The molecule has 0 spiro atoms. The van der Waals surface area contributed by atoms with Crippen LogP contribution in [0.3, 0.4) is 0 Å². The molecule has 0 amide bonds. The molecule has 0 radical (unpaired) electrons. The highest BCUT2D eigenvalue weighted by molar-refractivity contribution is 7.99. The Morgan fingerprint density at radius 1 is 1.50 bits per heavy atom. The van der Waals surface area contributed by atoms with Crippen LogP contribution >= 0.6 is 23.4 Å². The minimum atomic E-state index is -0.407. The molecule has 1 atom stereocenters. The molecular weight excluding hydrogens is 264 g/mol. The zero-order chi connectivity index (χ0) is 13.0. The molecule has 2 rings (SSSR count). The molecule has 0 aromatic heterocycles. The van der Waals surface area contributed by atoms with E-state index in [-0.39, 0.29) is 0 Å². The van der Waals surface area contributed by atoms with Crippen LogP contribution in [0, 0.1) is 11.3 Å². The van der Waals surface area contributed by atoms with Gasteiger partial charge in [-0.1, -0.05) is 23.7 Å². The van der Waals surface area contributed by atoms with Gasteiger partial charge in [0.05, 0.1) is 11.1 Å². The highest BCUT2D eigenvalue weighted by atomic mass is 35.5. The minimum Gasteiger partial charge on any atom is -0.297 e. The first kappa shape index (κ1) is 13.7. The fourth-order valence-electron chi connectivity index (χ4n) is 1.77. The van der Waals surface area contributed by atoms with Gasteiger partial charge in [-0.15, -0.1) is 11.8 Å². The maximum Gasteiger partial charge on any atom is 0.104 e. The SMILES string of the molecule is CC(C#N)(CCSc1ccccc1Cl)NC1CC1. The summed E-state index contributed by atoms with van der Waals surface area (Å²) in [4.78, 5) is 1.09. The van der Waals surface area contributed by atoms with Crippen LogP contribution in [0.15, 0.2) is 29.2 Å². The van der Waals surface area contributed by atoms with Crippen molar-refractivity contribution in [2.75, 3.05) is 5.75 Å². The highest BCUT2D eigenvalue weighted by Gasteiger charge is 2.32. The highest BCUT2D eigenvalue weighted by Crippen LogP contribution is 2.29. The Kier molecular flexibility index (Phi) is 4.55. The van der Waals surface area contributed by atoms with E-state index in [1.54, 1.807) is 11.8 Å². The molecule has 0 aliphatic heterocycles. The number of nitriles is 1. The van der Waals surface area contributed by atoms with Crippen LogP contribution < -0.4 is 5.32 Å². The van der Waals surface area contributed by atoms with Gasteiger partial charge in [0.1, 0.15) is 5.54 Å². The Labute approximate surface area is 118 Å². The third kappa shape index (κ3) is 3.91. The number of halogens is 1. The van der Waals surface area contributed by atoms with E-state index in [2.05, 4.69) is 11.4 Å². The number of nitrogens with zero attached hydrogens (tertiary/aromatic N) is 1. The summed E-state index contributed by atoms with van der Waals surface area (Å²) in [6.07, 6.45) is 3.24. The summed E-state index contributed by atoms with van der Waals surface area (Å²) >= 11 is 7.81. The molecule has 1 saturated carbocycles. The smallest absolute Gasteiger partial charge is 0.104 e. The van der Waals surface area contributed by atoms with Crippen molar-refractivity contribution in [2.24, 2.45) is 0 Å². The quantitative estimate of drug-likeness (QED) is 0.804. The predicted octanol–water partition coefficient (Wildman–Crippen LogP) is 3.86. The zero-order valence-electron chi connectivity index (χ0n) is 10.4. The van der Waals surface area contributed by atoms with E-state index >= 15 is 0 Å². The molecule has 1 aliphatic carbocycles. The fraction of sp³-hybridized carbons (Fsp3) is 0.500. The average molecular weight is 281 g/mol. The maximum atomic E-state index is 9.27. The van der Waals surface area contributed by atoms with E-state index in [0.717, 1.165) is 22.1 Å². The summed E-state index contributed by atoms with van der Waals surface area (Å²) in [5.74, 6) is 0.896. The van der Waals surface area contributed by atoms with E-state index in [1.807, 2.05) is 31.2 Å². The van der Waals surface area contributed by atoms with Crippen molar-refractivity contribution in [3.05, 3.63) is 29.3 Å². The number of nitrogens with one attached hydrogen (secondary N) is 1. The predicted molar refractivity (Wildman–Crippen MR) is 77.0 cm³/mol. The summed E-state index contributed by atoms with van der Waals surface area (Å²) in [6.45, 7) is 1.98. The van der Waals surface area contributed by atoms with E-state index in [1.165, 1.54) is 12.8 Å². The van der Waals surface area contributed by atoms with Crippen molar-refractivity contribution < 1.29 is 0 Å². The summed E-state index contributed by atoms with van der Waals surface area (Å²) in [7, 11) is 0. The Bertz CT molecular complexity index is 453. The van der Waals surface area contributed by atoms with Crippen LogP contribution in [-0.2, 0) is 0 Å². The molecule has 0 saturated heterocycles. The van der Waals surface area contributed by atoms with Crippen molar-refractivity contribution in [1.29, 1.82) is 5.26 Å². The van der Waals surface area contributed by atoms with Gasteiger partial charge in [0.25, 0.3) is 0 Å². The molecule has 1 fully saturated rings. The Balaban J connectivity index is 1.83. The van der Waals surface area contributed by atoms with Crippen molar-refractivity contribution in [2.45, 2.75) is 42.7 Å². The second-order valence-corrected chi connectivity index (χ2v) is 6.44. The molecular formula is C14H17ClN2S. The van der Waals surface area contributed by atoms with Gasteiger partial charge < -0.3 is 0 Å². The fourth-order valence-corrected chi connectivity index (χ4v) is 3.18. The molecule has 18 heavy (non-hydrogen) atoms. The van der Waals surface area contributed by atoms with Gasteiger partial charge in [-0.2, -0.15) is 5.26 Å². The first-order valence-corrected chi connectivity index (χ1v) is 7.56. The average Bonchev–Trinajstić information content (AvgIpc) is 3.15. The monoisotopic (exact) mass is 280 g/mol. The first-order chi connectivity index (χ1) is 8.63. The number of hydrogen-bond donors (Lipinski definition) is 1. The Morgan fingerprint density at radius 3 is 2.83 bits per heavy atom. The lowest BCUT2D eigenvalue weighted by Crippen LogP contribution is -2.42. The molecule has 1 aromatic rings. The Morgan fingerprint density at radius 2 is 2.22 bits per heavy atom. The van der Waals surface area contributed by atoms with Crippen LogP contribution in [0.2, 0.25) is 5.02 Å². The largest absolute Gasteiger partial charge is 0.297 e. The standard InChI is InChI=1S/C14H17ClN2S/c1-14(10-16,17-11-6-7-11)8-9-18-13-5-3-2-4-12(13)15/h2-5,11,17H,6-9H2,1H3. The maximum absolute atomic E-state index is 9.27. The lowest BCUT2D eigenvalue weighted by Gasteiger charge is -2.23. The second-order valence-electron chi connectivity index (χ2n) is 4.89. The van der Waals surface area contributed by atoms with E-state index < -0.39 is 5.54 Å². The zero-order valence-corrected chi connectivity index (χ0v) is 12.0. The molecule has 1 N–H and O–H groups in total. The van der Waals surface area contributed by atoms with Gasteiger partial charge in [-0.25, -0.2) is 0 Å². The molecule has 4 heteroatoms. The number of benzene rings is 1. The minimum absolute atomic E-state index is 0.407. The van der Waals surface area contributed by atoms with Crippen molar-refractivity contribution in [3.63, 3.8) is 0 Å². The molecule has 2 nitrogen and oxygen atoms in total. The number of rotatable bonds is 6. The third-order valence-corrected chi connectivity index (χ3v) is 4.56. The van der Waals surface area contributed by atoms with Crippen molar-refractivity contribution in [3.8, 4) is 6.07 Å². The Hall–Kier alpha value is -0.690. The van der Waals surface area contributed by atoms with Crippen molar-refractivity contribution in [1.82, 2.24) is 5.32 Å². The number of hydrogen-bond acceptors (Lipinski definition) is 3. The van der Waals surface area contributed by atoms with Crippen LogP contribution in [-0.4, -0.2) is 17.3 Å². The van der Waals surface area contributed by atoms with Gasteiger partial charge in [0.2, 0.25) is 0 Å². The van der Waals surface area contributed by atoms with Gasteiger partial charge in [-0.05, 0) is 38.3 Å². The van der Waals surface area contributed by atoms with Crippen LogP contribution in [0.5, 0.6) is 0 Å². The van der Waals surface area contributed by atoms with E-state index in [0.29, 0.717) is 6.04 Å². The third-order valence-electron chi connectivity index (χ3n) is 3.04. The summed E-state index contributed by atoms with van der Waals surface area (Å²) < 4.78 is 0. The lowest BCUT2D eigenvalue weighted by atomic mass is 10.0. The van der Waals surface area contributed by atoms with E-state index in [4.69, 9.17) is 11.6 Å². The molecule has 1 aliphatic rings. The summed E-state index contributed by atoms with van der Waals surface area (Å²) in [5, 5.41) is 13.5. The normalized spacial score (nSPS) is 18.1. The molecule has 0 bridgehead atoms. The summed E-state index contributed by atoms with van der Waals surface area (Å²) in [6, 6.07) is 10.8. The second kappa shape index (κ2) is 5.97.